The van der Waals surface area contributed by atoms with E-state index in [9.17, 15) is 4.79 Å². The van der Waals surface area contributed by atoms with Gasteiger partial charge in [0, 0.05) is 5.92 Å². The van der Waals surface area contributed by atoms with Crippen LogP contribution < -0.4 is 5.32 Å². The van der Waals surface area contributed by atoms with Crippen LogP contribution >= 0.6 is 0 Å². The number of carbonyl (C=O) groups is 1. The highest BCUT2D eigenvalue weighted by Gasteiger charge is 2.25. The molecule has 9 heteroatoms. The Balaban J connectivity index is 1.86. The molecule has 0 fully saturated rings. The number of aromatic nitrogens is 7. The number of nitrogens with one attached hydrogen (secondary N) is 2. The van der Waals surface area contributed by atoms with Gasteiger partial charge < -0.3 is 0 Å². The third-order valence-corrected chi connectivity index (χ3v) is 3.28. The van der Waals surface area contributed by atoms with Gasteiger partial charge in [-0.05, 0) is 16.0 Å². The number of aromatic amines is 1. The Hall–Kier alpha value is -3.10. The van der Waals surface area contributed by atoms with Crippen LogP contribution in [0.3, 0.4) is 0 Å². The second kappa shape index (κ2) is 6.34. The van der Waals surface area contributed by atoms with Gasteiger partial charge >= 0.3 is 0 Å². The standard InChI is InChI=1S/C14H16N8O/c1-9(2)12-16-14(19-18-12)17-13(23)11(22-8-15-20-21-22)10-6-4-3-5-7-10/h3-9,11H,1-2H3,(H2,16,17,18,19,23)/t11-/m1/s1. The Bertz CT molecular complexity index is 765. The van der Waals surface area contributed by atoms with Crippen LogP contribution in [0, 0.1) is 0 Å². The molecule has 0 saturated carbocycles. The molecule has 0 unspecified atom stereocenters. The summed E-state index contributed by atoms with van der Waals surface area (Å²) in [5.41, 5.74) is 0.761. The van der Waals surface area contributed by atoms with Gasteiger partial charge in [-0.1, -0.05) is 44.2 Å². The lowest BCUT2D eigenvalue weighted by Crippen LogP contribution is -2.28. The van der Waals surface area contributed by atoms with Gasteiger partial charge in [0.15, 0.2) is 6.04 Å². The highest BCUT2D eigenvalue weighted by molar-refractivity contribution is 5.94. The van der Waals surface area contributed by atoms with Gasteiger partial charge in [0.2, 0.25) is 5.95 Å². The lowest BCUT2D eigenvalue weighted by Gasteiger charge is -2.15. The fraction of sp³-hybridized carbons (Fsp3) is 0.286. The first-order chi connectivity index (χ1) is 11.1. The lowest BCUT2D eigenvalue weighted by atomic mass is 10.1. The van der Waals surface area contributed by atoms with E-state index < -0.39 is 6.04 Å². The van der Waals surface area contributed by atoms with Crippen molar-refractivity contribution in [2.24, 2.45) is 0 Å². The predicted molar refractivity (Wildman–Crippen MR) is 81.5 cm³/mol. The fourth-order valence-corrected chi connectivity index (χ4v) is 2.11. The average molecular weight is 312 g/mol. The third kappa shape index (κ3) is 3.23. The van der Waals surface area contributed by atoms with Crippen molar-refractivity contribution in [1.82, 2.24) is 35.4 Å². The summed E-state index contributed by atoms with van der Waals surface area (Å²) in [5.74, 6) is 0.807. The minimum absolute atomic E-state index is 0.192. The topological polar surface area (TPSA) is 114 Å². The molecule has 0 radical (unpaired) electrons. The molecule has 0 spiro atoms. The number of hydrogen-bond acceptors (Lipinski definition) is 6. The first-order valence-corrected chi connectivity index (χ1v) is 7.15. The van der Waals surface area contributed by atoms with Crippen molar-refractivity contribution in [1.29, 1.82) is 0 Å². The molecule has 0 aliphatic heterocycles. The zero-order valence-electron chi connectivity index (χ0n) is 12.7. The minimum Gasteiger partial charge on any atom is -0.291 e. The molecular formula is C14H16N8O. The van der Waals surface area contributed by atoms with E-state index in [4.69, 9.17) is 0 Å². The van der Waals surface area contributed by atoms with E-state index >= 15 is 0 Å². The zero-order chi connectivity index (χ0) is 16.2. The highest BCUT2D eigenvalue weighted by atomic mass is 16.2. The molecular weight excluding hydrogens is 296 g/mol. The predicted octanol–water partition coefficient (Wildman–Crippen LogP) is 1.14. The number of hydrogen-bond donors (Lipinski definition) is 2. The summed E-state index contributed by atoms with van der Waals surface area (Å²) in [6.45, 7) is 3.97. The molecule has 1 atom stereocenters. The summed E-state index contributed by atoms with van der Waals surface area (Å²) in [7, 11) is 0. The molecule has 0 aliphatic carbocycles. The Morgan fingerprint density at radius 1 is 1.26 bits per heavy atom. The third-order valence-electron chi connectivity index (χ3n) is 3.28. The zero-order valence-corrected chi connectivity index (χ0v) is 12.7. The van der Waals surface area contributed by atoms with E-state index in [1.807, 2.05) is 44.2 Å². The van der Waals surface area contributed by atoms with Gasteiger partial charge in [-0.3, -0.25) is 15.2 Å². The number of nitrogens with zero attached hydrogens (tertiary/aromatic N) is 6. The normalized spacial score (nSPS) is 12.3. The largest absolute Gasteiger partial charge is 0.291 e. The summed E-state index contributed by atoms with van der Waals surface area (Å²) in [6, 6.07) is 8.55. The van der Waals surface area contributed by atoms with Gasteiger partial charge in [0.25, 0.3) is 5.91 Å². The Morgan fingerprint density at radius 2 is 2.04 bits per heavy atom. The van der Waals surface area contributed by atoms with Crippen LogP contribution in [0.5, 0.6) is 0 Å². The number of tetrazole rings is 1. The average Bonchev–Trinajstić information content (AvgIpc) is 3.20. The molecule has 9 nitrogen and oxygen atoms in total. The molecule has 2 aromatic heterocycles. The molecule has 2 N–H and O–H groups in total. The van der Waals surface area contributed by atoms with Crippen LogP contribution in [0.1, 0.15) is 37.2 Å². The fourth-order valence-electron chi connectivity index (χ4n) is 2.11. The van der Waals surface area contributed by atoms with Crippen molar-refractivity contribution in [3.05, 3.63) is 48.0 Å². The van der Waals surface area contributed by atoms with Crippen LogP contribution in [0.4, 0.5) is 5.95 Å². The summed E-state index contributed by atoms with van der Waals surface area (Å²) in [6.07, 6.45) is 1.40. The van der Waals surface area contributed by atoms with Gasteiger partial charge in [-0.2, -0.15) is 4.98 Å². The molecule has 23 heavy (non-hydrogen) atoms. The SMILES string of the molecule is CC(C)c1nc(NC(=O)[C@@H](c2ccccc2)n2cnnn2)n[nH]1. The molecule has 3 aromatic rings. The van der Waals surface area contributed by atoms with Crippen molar-refractivity contribution >= 4 is 11.9 Å². The van der Waals surface area contributed by atoms with E-state index in [1.54, 1.807) is 0 Å². The number of amides is 1. The summed E-state index contributed by atoms with van der Waals surface area (Å²) in [4.78, 5) is 16.9. The van der Waals surface area contributed by atoms with Crippen LogP contribution in [-0.4, -0.2) is 41.3 Å². The highest BCUT2D eigenvalue weighted by Crippen LogP contribution is 2.19. The maximum Gasteiger partial charge on any atom is 0.256 e. The van der Waals surface area contributed by atoms with Crippen molar-refractivity contribution in [3.8, 4) is 0 Å². The number of anilines is 1. The van der Waals surface area contributed by atoms with Gasteiger partial charge in [-0.25, -0.2) is 4.68 Å². The maximum absolute atomic E-state index is 12.7. The number of carbonyl (C=O) groups excluding carboxylic acids is 1. The number of rotatable bonds is 5. The van der Waals surface area contributed by atoms with Crippen LogP contribution in [0.15, 0.2) is 36.7 Å². The van der Waals surface area contributed by atoms with E-state index in [0.717, 1.165) is 5.56 Å². The quantitative estimate of drug-likeness (QED) is 0.730. The van der Waals surface area contributed by atoms with E-state index in [1.165, 1.54) is 11.0 Å². The molecule has 0 saturated heterocycles. The minimum atomic E-state index is -0.702. The van der Waals surface area contributed by atoms with Gasteiger partial charge in [0.05, 0.1) is 0 Å². The molecule has 118 valence electrons. The van der Waals surface area contributed by atoms with Gasteiger partial charge in [0.1, 0.15) is 12.2 Å². The Labute approximate surface area is 132 Å². The van der Waals surface area contributed by atoms with Gasteiger partial charge in [-0.15, -0.1) is 10.2 Å². The monoisotopic (exact) mass is 312 g/mol. The smallest absolute Gasteiger partial charge is 0.256 e. The second-order valence-corrected chi connectivity index (χ2v) is 5.29. The van der Waals surface area contributed by atoms with E-state index in [0.29, 0.717) is 5.82 Å². The van der Waals surface area contributed by atoms with E-state index in [2.05, 4.69) is 36.0 Å². The van der Waals surface area contributed by atoms with Crippen LogP contribution in [0.2, 0.25) is 0 Å². The van der Waals surface area contributed by atoms with Crippen LogP contribution in [0.25, 0.3) is 0 Å². The molecule has 2 heterocycles. The maximum atomic E-state index is 12.7. The summed E-state index contributed by atoms with van der Waals surface area (Å²) < 4.78 is 1.39. The molecule has 0 bridgehead atoms. The lowest BCUT2D eigenvalue weighted by molar-refractivity contribution is -0.118. The summed E-state index contributed by atoms with van der Waals surface area (Å²) >= 11 is 0. The van der Waals surface area contributed by atoms with E-state index in [-0.39, 0.29) is 17.8 Å². The molecule has 3 rings (SSSR count). The molecule has 0 aliphatic rings. The van der Waals surface area contributed by atoms with Crippen molar-refractivity contribution < 1.29 is 4.79 Å². The Morgan fingerprint density at radius 3 is 2.65 bits per heavy atom. The Kier molecular flexibility index (Phi) is 4.09. The first-order valence-electron chi connectivity index (χ1n) is 7.15. The van der Waals surface area contributed by atoms with Crippen molar-refractivity contribution in [3.63, 3.8) is 0 Å². The molecule has 1 aromatic carbocycles. The first kappa shape index (κ1) is 14.8. The van der Waals surface area contributed by atoms with Crippen molar-refractivity contribution in [2.75, 3.05) is 5.32 Å². The van der Waals surface area contributed by atoms with Crippen LogP contribution in [-0.2, 0) is 4.79 Å². The number of benzene rings is 1. The number of H-pyrrole nitrogens is 1. The summed E-state index contributed by atoms with van der Waals surface area (Å²) in [5, 5.41) is 20.5. The second-order valence-electron chi connectivity index (χ2n) is 5.29. The van der Waals surface area contributed by atoms with Crippen molar-refractivity contribution in [2.45, 2.75) is 25.8 Å². The molecule has 1 amide bonds.